The Hall–Kier alpha value is -3.90. The molecule has 2 aromatic rings. The first-order chi connectivity index (χ1) is 16.7. The van der Waals surface area contributed by atoms with E-state index in [2.05, 4.69) is 29.8 Å². The molecule has 0 bridgehead atoms. The second kappa shape index (κ2) is 9.76. The van der Waals surface area contributed by atoms with Crippen molar-refractivity contribution in [3.63, 3.8) is 0 Å². The SMILES string of the molecule is Nc1nc(O)cc(S/C=C/C2=C(C(=O)O)N3C(=O)[C@@H](NC(=O)/C(=N\O)c4nsc(N)n4)[C@H]3SC2)n1. The molecule has 0 aromatic carbocycles. The highest BCUT2D eigenvalue weighted by molar-refractivity contribution is 8.02. The van der Waals surface area contributed by atoms with Gasteiger partial charge in [-0.1, -0.05) is 16.9 Å². The van der Waals surface area contributed by atoms with E-state index in [9.17, 15) is 29.8 Å². The molecule has 8 N–H and O–H groups in total. The number of aliphatic carboxylic acids is 1. The molecule has 0 saturated carbocycles. The lowest BCUT2D eigenvalue weighted by Crippen LogP contribution is -2.71. The summed E-state index contributed by atoms with van der Waals surface area (Å²) >= 11 is 3.10. The molecular formula is C17H15N9O6S3. The highest BCUT2D eigenvalue weighted by Crippen LogP contribution is 2.41. The van der Waals surface area contributed by atoms with Gasteiger partial charge in [0.25, 0.3) is 11.8 Å². The molecule has 0 spiro atoms. The number of carboxylic acid groups (broad SMARTS) is 1. The number of aromatic nitrogens is 4. The molecule has 4 rings (SSSR count). The molecule has 2 aliphatic rings. The fourth-order valence-corrected chi connectivity index (χ4v) is 5.62. The summed E-state index contributed by atoms with van der Waals surface area (Å²) in [4.78, 5) is 49.6. The molecule has 2 amide bonds. The molecule has 0 aliphatic carbocycles. The van der Waals surface area contributed by atoms with E-state index in [0.29, 0.717) is 10.6 Å². The maximum absolute atomic E-state index is 12.8. The van der Waals surface area contributed by atoms with Gasteiger partial charge in [-0.15, -0.1) is 11.8 Å². The Morgan fingerprint density at radius 3 is 2.71 bits per heavy atom. The van der Waals surface area contributed by atoms with Crippen LogP contribution in [-0.2, 0) is 14.4 Å². The molecule has 2 atom stereocenters. The summed E-state index contributed by atoms with van der Waals surface area (Å²) in [6, 6.07) is 0.233. The monoisotopic (exact) mass is 537 g/mol. The fraction of sp³-hybridized carbons (Fsp3) is 0.176. The number of nitrogen functional groups attached to an aromatic ring is 2. The van der Waals surface area contributed by atoms with Crippen molar-refractivity contribution in [2.24, 2.45) is 5.16 Å². The van der Waals surface area contributed by atoms with E-state index in [1.165, 1.54) is 23.9 Å². The minimum absolute atomic E-state index is 0.0534. The van der Waals surface area contributed by atoms with E-state index in [0.717, 1.165) is 28.2 Å². The van der Waals surface area contributed by atoms with Gasteiger partial charge in [-0.3, -0.25) is 14.5 Å². The van der Waals surface area contributed by atoms with E-state index in [-0.39, 0.29) is 34.2 Å². The first-order valence-corrected chi connectivity index (χ1v) is 12.1. The normalized spacial score (nSPS) is 20.1. The third-order valence-corrected chi connectivity index (χ3v) is 7.19. The van der Waals surface area contributed by atoms with Crippen LogP contribution in [0.4, 0.5) is 11.1 Å². The number of rotatable bonds is 7. The molecule has 0 unspecified atom stereocenters. The highest BCUT2D eigenvalue weighted by Gasteiger charge is 2.54. The number of fused-ring (bicyclic) bond motifs is 1. The Bertz CT molecular complexity index is 1290. The van der Waals surface area contributed by atoms with Crippen LogP contribution in [0.5, 0.6) is 5.88 Å². The Kier molecular flexibility index (Phi) is 6.76. The number of carboxylic acids is 1. The maximum Gasteiger partial charge on any atom is 0.352 e. The Morgan fingerprint density at radius 2 is 2.09 bits per heavy atom. The zero-order chi connectivity index (χ0) is 25.3. The van der Waals surface area contributed by atoms with Crippen LogP contribution >= 0.6 is 35.1 Å². The van der Waals surface area contributed by atoms with Crippen molar-refractivity contribution in [1.29, 1.82) is 0 Å². The summed E-state index contributed by atoms with van der Waals surface area (Å²) in [6.07, 6.45) is 1.51. The zero-order valence-electron chi connectivity index (χ0n) is 17.2. The van der Waals surface area contributed by atoms with Gasteiger partial charge in [-0.05, 0) is 17.1 Å². The van der Waals surface area contributed by atoms with Gasteiger partial charge in [-0.2, -0.15) is 14.3 Å². The number of carbonyl (C=O) groups excluding carboxylic acids is 2. The molecule has 35 heavy (non-hydrogen) atoms. The van der Waals surface area contributed by atoms with Gasteiger partial charge in [0.2, 0.25) is 23.4 Å². The lowest BCUT2D eigenvalue weighted by Gasteiger charge is -2.49. The van der Waals surface area contributed by atoms with Crippen molar-refractivity contribution in [1.82, 2.24) is 29.5 Å². The van der Waals surface area contributed by atoms with Gasteiger partial charge in [0.05, 0.1) is 0 Å². The fourth-order valence-electron chi connectivity index (χ4n) is 3.18. The highest BCUT2D eigenvalue weighted by atomic mass is 32.2. The number of nitrogens with two attached hydrogens (primary N) is 2. The molecule has 15 nitrogen and oxygen atoms in total. The smallest absolute Gasteiger partial charge is 0.352 e. The molecular weight excluding hydrogens is 522 g/mol. The average molecular weight is 538 g/mol. The number of nitrogens with zero attached hydrogens (tertiary/aromatic N) is 6. The summed E-state index contributed by atoms with van der Waals surface area (Å²) in [6.45, 7) is 0. The van der Waals surface area contributed by atoms with E-state index in [4.69, 9.17) is 11.5 Å². The lowest BCUT2D eigenvalue weighted by molar-refractivity contribution is -0.150. The van der Waals surface area contributed by atoms with Gasteiger partial charge >= 0.3 is 5.97 Å². The Labute approximate surface area is 208 Å². The predicted octanol–water partition coefficient (Wildman–Crippen LogP) is -0.579. The van der Waals surface area contributed by atoms with Crippen LogP contribution in [-0.4, -0.2) is 80.3 Å². The number of oxime groups is 1. The standard InChI is InChI=1S/C17H15N9O6S3/c18-16-20-6(27)3-7(21-16)33-2-1-5-4-34-14-9(13(29)26(14)10(5)15(30)31)22-12(28)8(24-32)11-23-17(19)35-25-11/h1-3,9,14,32H,4H2,(H,22,28)(H,30,31)(H2,19,23,25)(H3,18,20,21,27)/b2-1+,24-8-/t9-,14-/m1/s1. The molecule has 18 heteroatoms. The largest absolute Gasteiger partial charge is 0.493 e. The van der Waals surface area contributed by atoms with Gasteiger partial charge < -0.3 is 32.2 Å². The summed E-state index contributed by atoms with van der Waals surface area (Å²) < 4.78 is 3.79. The van der Waals surface area contributed by atoms with Crippen LogP contribution in [0.15, 0.2) is 39.0 Å². The molecule has 4 heterocycles. The van der Waals surface area contributed by atoms with Crippen LogP contribution in [0.2, 0.25) is 0 Å². The average Bonchev–Trinajstić information content (AvgIpc) is 3.22. The third kappa shape index (κ3) is 4.84. The number of anilines is 2. The number of aromatic hydroxyl groups is 1. The van der Waals surface area contributed by atoms with E-state index in [1.807, 2.05) is 0 Å². The van der Waals surface area contributed by atoms with Crippen LogP contribution in [0.1, 0.15) is 5.82 Å². The van der Waals surface area contributed by atoms with Crippen molar-refractivity contribution in [3.8, 4) is 5.88 Å². The third-order valence-electron chi connectivity index (χ3n) is 4.62. The summed E-state index contributed by atoms with van der Waals surface area (Å²) in [5.41, 5.74) is 10.6. The van der Waals surface area contributed by atoms with Gasteiger partial charge in [0, 0.05) is 23.4 Å². The molecule has 2 aromatic heterocycles. The molecule has 0 radical (unpaired) electrons. The summed E-state index contributed by atoms with van der Waals surface area (Å²) in [5.74, 6) is -3.30. The van der Waals surface area contributed by atoms with Gasteiger partial charge in [0.1, 0.15) is 22.1 Å². The first kappa shape index (κ1) is 24.2. The zero-order valence-corrected chi connectivity index (χ0v) is 19.7. The minimum Gasteiger partial charge on any atom is -0.493 e. The number of thioether (sulfide) groups is 2. The van der Waals surface area contributed by atoms with Crippen molar-refractivity contribution in [2.45, 2.75) is 16.4 Å². The number of hydrogen-bond acceptors (Lipinski definition) is 15. The second-order valence-electron chi connectivity index (χ2n) is 6.79. The molecule has 1 saturated heterocycles. The number of amides is 2. The summed E-state index contributed by atoms with van der Waals surface area (Å²) in [5, 5.41) is 35.0. The minimum atomic E-state index is -1.32. The maximum atomic E-state index is 12.8. The number of carbonyl (C=O) groups is 3. The quantitative estimate of drug-likeness (QED) is 0.0646. The predicted molar refractivity (Wildman–Crippen MR) is 125 cm³/mol. The van der Waals surface area contributed by atoms with Crippen molar-refractivity contribution < 1.29 is 29.8 Å². The van der Waals surface area contributed by atoms with E-state index >= 15 is 0 Å². The van der Waals surface area contributed by atoms with Crippen molar-refractivity contribution in [2.75, 3.05) is 17.2 Å². The second-order valence-corrected chi connectivity index (χ2v) is 9.60. The molecule has 2 aliphatic heterocycles. The topological polar surface area (TPSA) is 243 Å². The summed E-state index contributed by atoms with van der Waals surface area (Å²) in [7, 11) is 0. The van der Waals surface area contributed by atoms with Crippen molar-refractivity contribution >= 4 is 69.6 Å². The lowest BCUT2D eigenvalue weighted by atomic mass is 10.0. The van der Waals surface area contributed by atoms with Crippen LogP contribution in [0.25, 0.3) is 0 Å². The van der Waals surface area contributed by atoms with Crippen LogP contribution < -0.4 is 16.8 Å². The van der Waals surface area contributed by atoms with Gasteiger partial charge in [-0.25, -0.2) is 9.78 Å². The van der Waals surface area contributed by atoms with Crippen molar-refractivity contribution in [3.05, 3.63) is 34.6 Å². The molecule has 1 fully saturated rings. The van der Waals surface area contributed by atoms with Crippen LogP contribution in [0, 0.1) is 0 Å². The number of allylic oxidation sites excluding steroid dienone is 1. The number of β-lactam (4-membered cyclic amide) rings is 1. The van der Waals surface area contributed by atoms with E-state index in [1.54, 1.807) is 5.41 Å². The molecule has 182 valence electrons. The van der Waals surface area contributed by atoms with Crippen LogP contribution in [0.3, 0.4) is 0 Å². The Balaban J connectivity index is 1.48. The Morgan fingerprint density at radius 1 is 1.31 bits per heavy atom. The first-order valence-electron chi connectivity index (χ1n) is 9.40. The van der Waals surface area contributed by atoms with E-state index < -0.39 is 34.9 Å². The van der Waals surface area contributed by atoms with Gasteiger partial charge in [0.15, 0.2) is 5.13 Å². The number of hydrogen-bond donors (Lipinski definition) is 6. The number of nitrogens with one attached hydrogen (secondary N) is 1.